The van der Waals surface area contributed by atoms with Gasteiger partial charge in [0, 0.05) is 12.8 Å². The Morgan fingerprint density at radius 2 is 2.18 bits per heavy atom. The minimum absolute atomic E-state index is 0.773. The third-order valence-electron chi connectivity index (χ3n) is 1.12. The molecule has 0 aromatic carbocycles. The molecule has 0 aliphatic heterocycles. The molecule has 0 N–H and O–H groups in total. The fourth-order valence-corrected chi connectivity index (χ4v) is 0.626. The van der Waals surface area contributed by atoms with Gasteiger partial charge in [0.1, 0.15) is 5.84 Å². The van der Waals surface area contributed by atoms with Gasteiger partial charge in [-0.05, 0) is 25.8 Å². The normalized spacial score (nSPS) is 12.5. The lowest BCUT2D eigenvalue weighted by Gasteiger charge is -1.97. The van der Waals surface area contributed by atoms with Crippen molar-refractivity contribution in [1.29, 1.82) is 0 Å². The van der Waals surface area contributed by atoms with E-state index in [1.54, 1.807) is 6.21 Å². The van der Waals surface area contributed by atoms with Gasteiger partial charge in [-0.15, -0.1) is 0 Å². The molecule has 2 heteroatoms. The molecule has 2 nitrogen and oxygen atoms in total. The largest absolute Gasteiger partial charge is 0.267 e. The maximum atomic E-state index is 4.25. The van der Waals surface area contributed by atoms with Gasteiger partial charge >= 0.3 is 0 Å². The first kappa shape index (κ1) is 10.1. The van der Waals surface area contributed by atoms with Gasteiger partial charge in [-0.3, -0.25) is 4.99 Å². The molecule has 0 atom stereocenters. The van der Waals surface area contributed by atoms with Gasteiger partial charge in [0.15, 0.2) is 0 Å². The summed E-state index contributed by atoms with van der Waals surface area (Å²) in [4.78, 5) is 8.34. The minimum Gasteiger partial charge on any atom is -0.267 e. The second-order valence-electron chi connectivity index (χ2n) is 2.37. The average Bonchev–Trinajstić information content (AvgIpc) is 1.97. The van der Waals surface area contributed by atoms with Crippen LogP contribution in [0.5, 0.6) is 0 Å². The fourth-order valence-electron chi connectivity index (χ4n) is 0.626. The number of rotatable bonds is 3. The summed E-state index contributed by atoms with van der Waals surface area (Å²) in [6, 6.07) is 0. The molecule has 0 saturated carbocycles. The number of aliphatic imine (C=N–C) groups is 2. The van der Waals surface area contributed by atoms with Crippen LogP contribution in [0, 0.1) is 0 Å². The first-order valence-corrected chi connectivity index (χ1v) is 3.91. The van der Waals surface area contributed by atoms with Gasteiger partial charge in [0.2, 0.25) is 0 Å². The Kier molecular flexibility index (Phi) is 5.35. The van der Waals surface area contributed by atoms with Gasteiger partial charge in [-0.25, -0.2) is 4.99 Å². The Labute approximate surface area is 68.8 Å². The maximum absolute atomic E-state index is 4.25. The third kappa shape index (κ3) is 4.48. The van der Waals surface area contributed by atoms with Crippen LogP contribution in [0.15, 0.2) is 22.1 Å². The molecule has 0 spiro atoms. The molecule has 11 heavy (non-hydrogen) atoms. The summed E-state index contributed by atoms with van der Waals surface area (Å²) >= 11 is 0. The number of amidine groups is 1. The van der Waals surface area contributed by atoms with Crippen LogP contribution in [0.2, 0.25) is 0 Å². The van der Waals surface area contributed by atoms with Gasteiger partial charge < -0.3 is 0 Å². The Bertz CT molecular complexity index is 178. The summed E-state index contributed by atoms with van der Waals surface area (Å²) in [5.74, 6) is 0.773. The van der Waals surface area contributed by atoms with Gasteiger partial charge in [-0.1, -0.05) is 13.5 Å². The van der Waals surface area contributed by atoms with Crippen molar-refractivity contribution < 1.29 is 0 Å². The van der Waals surface area contributed by atoms with Crippen molar-refractivity contribution in [2.45, 2.75) is 27.2 Å². The Hall–Kier alpha value is -0.920. The molecule has 0 unspecified atom stereocenters. The van der Waals surface area contributed by atoms with E-state index in [0.717, 1.165) is 24.4 Å². The van der Waals surface area contributed by atoms with Crippen LogP contribution in [0.1, 0.15) is 27.2 Å². The zero-order valence-electron chi connectivity index (χ0n) is 7.59. The molecule has 0 radical (unpaired) electrons. The van der Waals surface area contributed by atoms with Crippen LogP contribution in [-0.4, -0.2) is 18.6 Å². The molecular weight excluding hydrogens is 136 g/mol. The minimum atomic E-state index is 0.773. The van der Waals surface area contributed by atoms with Crippen molar-refractivity contribution in [3.63, 3.8) is 0 Å². The van der Waals surface area contributed by atoms with E-state index in [0.29, 0.717) is 0 Å². The molecule has 0 saturated heterocycles. The van der Waals surface area contributed by atoms with E-state index < -0.39 is 0 Å². The van der Waals surface area contributed by atoms with Gasteiger partial charge in [0.25, 0.3) is 0 Å². The topological polar surface area (TPSA) is 24.7 Å². The number of hydrogen-bond donors (Lipinski definition) is 0. The first-order chi connectivity index (χ1) is 5.22. The second-order valence-corrected chi connectivity index (χ2v) is 2.37. The molecule has 0 aliphatic carbocycles. The van der Waals surface area contributed by atoms with Crippen LogP contribution in [0.3, 0.4) is 0 Å². The predicted octanol–water partition coefficient (Wildman–Crippen LogP) is 2.46. The van der Waals surface area contributed by atoms with Crippen LogP contribution in [0.4, 0.5) is 0 Å². The van der Waals surface area contributed by atoms with E-state index in [9.17, 15) is 0 Å². The lowest BCUT2D eigenvalue weighted by molar-refractivity contribution is 0.930. The highest BCUT2D eigenvalue weighted by Crippen LogP contribution is 1.95. The summed E-state index contributed by atoms with van der Waals surface area (Å²) in [6.45, 7) is 10.5. The fraction of sp³-hybridized carbons (Fsp3) is 0.556. The van der Waals surface area contributed by atoms with Crippen molar-refractivity contribution in [1.82, 2.24) is 0 Å². The average molecular weight is 152 g/mol. The second kappa shape index (κ2) is 5.83. The molecule has 0 bridgehead atoms. The van der Waals surface area contributed by atoms with Crippen LogP contribution in [-0.2, 0) is 0 Å². The smallest absolute Gasteiger partial charge is 0.149 e. The van der Waals surface area contributed by atoms with E-state index >= 15 is 0 Å². The van der Waals surface area contributed by atoms with Crippen LogP contribution >= 0.6 is 0 Å². The summed E-state index contributed by atoms with van der Waals surface area (Å²) in [7, 11) is 0. The molecule has 0 aliphatic rings. The summed E-state index contributed by atoms with van der Waals surface area (Å²) in [5, 5.41) is 0. The van der Waals surface area contributed by atoms with Crippen molar-refractivity contribution in [2.24, 2.45) is 9.98 Å². The van der Waals surface area contributed by atoms with Crippen molar-refractivity contribution >= 4 is 12.1 Å². The quantitative estimate of drug-likeness (QED) is 0.438. The molecule has 0 aromatic rings. The van der Waals surface area contributed by atoms with Gasteiger partial charge in [0.05, 0.1) is 0 Å². The molecular formula is C9H16N2. The van der Waals surface area contributed by atoms with Crippen molar-refractivity contribution in [3.05, 3.63) is 12.2 Å². The predicted molar refractivity (Wildman–Crippen MR) is 51.6 cm³/mol. The first-order valence-electron chi connectivity index (χ1n) is 3.91. The molecule has 0 rings (SSSR count). The maximum Gasteiger partial charge on any atom is 0.149 e. The van der Waals surface area contributed by atoms with E-state index in [1.165, 1.54) is 0 Å². The number of hydrogen-bond acceptors (Lipinski definition) is 1. The molecule has 0 aromatic heterocycles. The standard InChI is InChI=1S/C9H16N2/c1-5-7-11-9(8(3)4)10-6-2/h6H,3,5,7H2,1-2,4H3. The highest BCUT2D eigenvalue weighted by molar-refractivity contribution is 6.01. The van der Waals surface area contributed by atoms with Crippen molar-refractivity contribution in [2.75, 3.05) is 6.54 Å². The summed E-state index contributed by atoms with van der Waals surface area (Å²) in [5.41, 5.74) is 0.927. The molecule has 62 valence electrons. The monoisotopic (exact) mass is 152 g/mol. The molecule has 0 heterocycles. The molecule has 0 fully saturated rings. The van der Waals surface area contributed by atoms with E-state index in [1.807, 2.05) is 13.8 Å². The zero-order valence-corrected chi connectivity index (χ0v) is 7.59. The highest BCUT2D eigenvalue weighted by atomic mass is 14.9. The Balaban J connectivity index is 4.20. The van der Waals surface area contributed by atoms with E-state index in [-0.39, 0.29) is 0 Å². The van der Waals surface area contributed by atoms with Crippen LogP contribution in [0.25, 0.3) is 0 Å². The van der Waals surface area contributed by atoms with E-state index in [4.69, 9.17) is 0 Å². The van der Waals surface area contributed by atoms with Crippen molar-refractivity contribution in [3.8, 4) is 0 Å². The zero-order chi connectivity index (χ0) is 8.69. The third-order valence-corrected chi connectivity index (χ3v) is 1.12. The lowest BCUT2D eigenvalue weighted by atomic mass is 10.3. The Morgan fingerprint density at radius 3 is 2.55 bits per heavy atom. The SMILES string of the molecule is C=C(C)C(N=CC)=NCCC. The summed E-state index contributed by atoms with van der Waals surface area (Å²) < 4.78 is 0. The van der Waals surface area contributed by atoms with Crippen LogP contribution < -0.4 is 0 Å². The highest BCUT2D eigenvalue weighted by Gasteiger charge is 1.93. The van der Waals surface area contributed by atoms with Gasteiger partial charge in [-0.2, -0.15) is 0 Å². The molecule has 0 amide bonds. The lowest BCUT2D eigenvalue weighted by Crippen LogP contribution is -1.96. The Morgan fingerprint density at radius 1 is 1.55 bits per heavy atom. The van der Waals surface area contributed by atoms with E-state index in [2.05, 4.69) is 23.5 Å². The summed E-state index contributed by atoms with van der Waals surface area (Å²) in [6.07, 6.45) is 2.79. The number of nitrogens with zero attached hydrogens (tertiary/aromatic N) is 2.